The molecule has 2 heterocycles. The van der Waals surface area contributed by atoms with Crippen molar-refractivity contribution in [1.29, 1.82) is 0 Å². The number of aliphatic imine (C=N–C) groups is 1. The van der Waals surface area contributed by atoms with Gasteiger partial charge in [-0.1, -0.05) is 30.3 Å². The minimum atomic E-state index is -0.0366. The van der Waals surface area contributed by atoms with Crippen LogP contribution in [0.25, 0.3) is 11.1 Å². The minimum absolute atomic E-state index is 0.0366. The van der Waals surface area contributed by atoms with Crippen molar-refractivity contribution in [1.82, 2.24) is 9.78 Å². The zero-order valence-corrected chi connectivity index (χ0v) is 11.3. The summed E-state index contributed by atoms with van der Waals surface area (Å²) in [6.07, 6.45) is 2.91. The molecule has 20 heavy (non-hydrogen) atoms. The molecule has 1 fully saturated rings. The molecule has 1 aromatic heterocycles. The van der Waals surface area contributed by atoms with Crippen molar-refractivity contribution in [3.8, 4) is 11.1 Å². The van der Waals surface area contributed by atoms with Gasteiger partial charge in [-0.25, -0.2) is 4.99 Å². The van der Waals surface area contributed by atoms with Gasteiger partial charge in [0, 0.05) is 11.3 Å². The molecule has 0 amide bonds. The summed E-state index contributed by atoms with van der Waals surface area (Å²) in [6.45, 7) is 1.94. The van der Waals surface area contributed by atoms with Crippen LogP contribution in [-0.4, -0.2) is 21.4 Å². The molecule has 2 aliphatic rings. The van der Waals surface area contributed by atoms with Crippen LogP contribution in [0.2, 0.25) is 0 Å². The molecule has 1 saturated carbocycles. The Balaban J connectivity index is 1.95. The van der Waals surface area contributed by atoms with E-state index in [0.717, 1.165) is 41.8 Å². The van der Waals surface area contributed by atoms with Gasteiger partial charge in [0.1, 0.15) is 0 Å². The highest BCUT2D eigenvalue weighted by Crippen LogP contribution is 2.39. The van der Waals surface area contributed by atoms with Crippen molar-refractivity contribution in [3.05, 3.63) is 36.0 Å². The molecule has 0 bridgehead atoms. The Morgan fingerprint density at radius 2 is 2.05 bits per heavy atom. The monoisotopic (exact) mass is 265 g/mol. The molecule has 1 unspecified atom stereocenters. The maximum absolute atomic E-state index is 12.5. The van der Waals surface area contributed by atoms with Crippen molar-refractivity contribution in [2.75, 3.05) is 0 Å². The lowest BCUT2D eigenvalue weighted by Crippen LogP contribution is -2.29. The van der Waals surface area contributed by atoms with Gasteiger partial charge in [0.25, 0.3) is 5.91 Å². The summed E-state index contributed by atoms with van der Waals surface area (Å²) in [4.78, 5) is 17.3. The third kappa shape index (κ3) is 1.51. The number of hydrogen-bond acceptors (Lipinski definition) is 3. The molecule has 1 aliphatic heterocycles. The maximum atomic E-state index is 12.5. The summed E-state index contributed by atoms with van der Waals surface area (Å²) < 4.78 is 1.51. The number of carbonyl (C=O) groups is 1. The van der Waals surface area contributed by atoms with Crippen LogP contribution in [0, 0.1) is 12.8 Å². The van der Waals surface area contributed by atoms with E-state index in [1.54, 1.807) is 0 Å². The van der Waals surface area contributed by atoms with E-state index in [4.69, 9.17) is 4.99 Å². The van der Waals surface area contributed by atoms with Crippen LogP contribution >= 0.6 is 0 Å². The van der Waals surface area contributed by atoms with Gasteiger partial charge in [0.05, 0.1) is 11.6 Å². The quantitative estimate of drug-likeness (QED) is 0.793. The van der Waals surface area contributed by atoms with E-state index in [1.807, 2.05) is 37.3 Å². The molecule has 1 atom stereocenters. The van der Waals surface area contributed by atoms with Crippen molar-refractivity contribution < 1.29 is 4.79 Å². The zero-order chi connectivity index (χ0) is 13.7. The number of hydrogen-bond donors (Lipinski definition) is 0. The van der Waals surface area contributed by atoms with E-state index in [1.165, 1.54) is 4.68 Å². The highest BCUT2D eigenvalue weighted by atomic mass is 16.2. The van der Waals surface area contributed by atoms with Crippen molar-refractivity contribution >= 4 is 17.4 Å². The molecule has 1 aliphatic carbocycles. The Hall–Kier alpha value is -2.23. The second-order valence-electron chi connectivity index (χ2n) is 5.45. The van der Waals surface area contributed by atoms with Gasteiger partial charge in [-0.2, -0.15) is 9.78 Å². The van der Waals surface area contributed by atoms with E-state index in [0.29, 0.717) is 5.82 Å². The average Bonchev–Trinajstić information content (AvgIpc) is 3.04. The van der Waals surface area contributed by atoms with Gasteiger partial charge in [0.15, 0.2) is 5.82 Å². The fraction of sp³-hybridized carbons (Fsp3) is 0.312. The number of aromatic nitrogens is 2. The largest absolute Gasteiger partial charge is 0.272 e. The van der Waals surface area contributed by atoms with Gasteiger partial charge < -0.3 is 0 Å². The lowest BCUT2D eigenvalue weighted by molar-refractivity contribution is 0.0853. The topological polar surface area (TPSA) is 47.2 Å². The van der Waals surface area contributed by atoms with Gasteiger partial charge in [0.2, 0.25) is 0 Å². The van der Waals surface area contributed by atoms with E-state index in [2.05, 4.69) is 5.10 Å². The lowest BCUT2D eigenvalue weighted by Gasteiger charge is -2.17. The van der Waals surface area contributed by atoms with Crippen molar-refractivity contribution in [3.63, 3.8) is 0 Å². The summed E-state index contributed by atoms with van der Waals surface area (Å²) in [6, 6.07) is 10.1. The first-order chi connectivity index (χ1) is 9.75. The minimum Gasteiger partial charge on any atom is -0.272 e. The van der Waals surface area contributed by atoms with Crippen LogP contribution in [0.1, 0.15) is 29.8 Å². The average molecular weight is 265 g/mol. The fourth-order valence-electron chi connectivity index (χ4n) is 3.23. The van der Waals surface area contributed by atoms with Gasteiger partial charge in [-0.3, -0.25) is 4.79 Å². The molecule has 4 nitrogen and oxygen atoms in total. The molecule has 0 radical (unpaired) electrons. The Bertz CT molecular complexity index is 728. The Morgan fingerprint density at radius 1 is 1.25 bits per heavy atom. The van der Waals surface area contributed by atoms with Crippen LogP contribution in [0.5, 0.6) is 0 Å². The van der Waals surface area contributed by atoms with Crippen LogP contribution < -0.4 is 0 Å². The van der Waals surface area contributed by atoms with Gasteiger partial charge in [-0.05, 0) is 31.7 Å². The van der Waals surface area contributed by atoms with E-state index in [-0.39, 0.29) is 11.8 Å². The Labute approximate surface area is 117 Å². The first kappa shape index (κ1) is 11.6. The lowest BCUT2D eigenvalue weighted by atomic mass is 10.0. The van der Waals surface area contributed by atoms with E-state index >= 15 is 0 Å². The first-order valence-electron chi connectivity index (χ1n) is 7.02. The molecule has 1 aromatic carbocycles. The fourth-order valence-corrected chi connectivity index (χ4v) is 3.23. The standard InChI is InChI=1S/C16H15N3O/c1-10-14(11-6-3-2-4-7-11)15-17-13-9-5-8-12(13)16(20)19(15)18-10/h2-4,6-7,12H,5,8-9H2,1H3. The summed E-state index contributed by atoms with van der Waals surface area (Å²) in [5, 5.41) is 4.43. The van der Waals surface area contributed by atoms with Crippen LogP contribution in [-0.2, 0) is 0 Å². The number of carbonyl (C=O) groups excluding carboxylic acids is 1. The molecule has 4 rings (SSSR count). The number of aryl methyl sites for hydroxylation is 1. The number of benzene rings is 1. The molecule has 0 saturated heterocycles. The molecule has 2 aromatic rings. The molecular formula is C16H15N3O. The first-order valence-corrected chi connectivity index (χ1v) is 7.02. The smallest absolute Gasteiger partial charge is 0.257 e. The Kier molecular flexibility index (Phi) is 2.39. The number of nitrogens with zero attached hydrogens (tertiary/aromatic N) is 3. The third-order valence-electron chi connectivity index (χ3n) is 4.18. The van der Waals surface area contributed by atoms with Crippen LogP contribution in [0.4, 0.5) is 5.82 Å². The summed E-state index contributed by atoms with van der Waals surface area (Å²) in [7, 11) is 0. The predicted molar refractivity (Wildman–Crippen MR) is 77.5 cm³/mol. The summed E-state index contributed by atoms with van der Waals surface area (Å²) in [5.74, 6) is 0.769. The molecule has 100 valence electrons. The van der Waals surface area contributed by atoms with Crippen LogP contribution in [0.15, 0.2) is 35.3 Å². The van der Waals surface area contributed by atoms with E-state index in [9.17, 15) is 4.79 Å². The van der Waals surface area contributed by atoms with Crippen LogP contribution in [0.3, 0.4) is 0 Å². The highest BCUT2D eigenvalue weighted by Gasteiger charge is 2.37. The molecule has 0 spiro atoms. The summed E-state index contributed by atoms with van der Waals surface area (Å²) >= 11 is 0. The summed E-state index contributed by atoms with van der Waals surface area (Å²) in [5.41, 5.74) is 3.96. The highest BCUT2D eigenvalue weighted by molar-refractivity contribution is 6.11. The van der Waals surface area contributed by atoms with Crippen molar-refractivity contribution in [2.24, 2.45) is 10.9 Å². The SMILES string of the molecule is Cc1nn2c(c1-c1ccccc1)N=C1CCCC1C2=O. The Morgan fingerprint density at radius 3 is 2.85 bits per heavy atom. The van der Waals surface area contributed by atoms with Gasteiger partial charge >= 0.3 is 0 Å². The second-order valence-corrected chi connectivity index (χ2v) is 5.45. The molecule has 4 heteroatoms. The normalized spacial score (nSPS) is 20.6. The van der Waals surface area contributed by atoms with Gasteiger partial charge in [-0.15, -0.1) is 0 Å². The molecule has 0 N–H and O–H groups in total. The van der Waals surface area contributed by atoms with Crippen molar-refractivity contribution in [2.45, 2.75) is 26.2 Å². The zero-order valence-electron chi connectivity index (χ0n) is 11.3. The predicted octanol–water partition coefficient (Wildman–Crippen LogP) is 3.38. The molecular weight excluding hydrogens is 250 g/mol. The number of fused-ring (bicyclic) bond motifs is 2. The maximum Gasteiger partial charge on any atom is 0.257 e. The third-order valence-corrected chi connectivity index (χ3v) is 4.18. The second kappa shape index (κ2) is 4.13. The number of rotatable bonds is 1. The van der Waals surface area contributed by atoms with E-state index < -0.39 is 0 Å².